The summed E-state index contributed by atoms with van der Waals surface area (Å²) in [4.78, 5) is 13.6. The van der Waals surface area contributed by atoms with Gasteiger partial charge in [0.15, 0.2) is 5.01 Å². The molecule has 196 valence electrons. The second kappa shape index (κ2) is 9.85. The molecule has 3 heterocycles. The molecule has 2 aromatic heterocycles. The fourth-order valence-corrected chi connectivity index (χ4v) is 4.88. The van der Waals surface area contributed by atoms with Gasteiger partial charge in [-0.1, -0.05) is 17.4 Å². The van der Waals surface area contributed by atoms with E-state index >= 15 is 4.39 Å². The van der Waals surface area contributed by atoms with Crippen LogP contribution in [-0.4, -0.2) is 62.8 Å². The van der Waals surface area contributed by atoms with Crippen LogP contribution >= 0.6 is 11.3 Å². The van der Waals surface area contributed by atoms with Crippen LogP contribution in [0.3, 0.4) is 0 Å². The number of amides is 1. The van der Waals surface area contributed by atoms with E-state index in [1.807, 2.05) is 0 Å². The van der Waals surface area contributed by atoms with Crippen molar-refractivity contribution in [2.45, 2.75) is 64.3 Å². The lowest BCUT2D eigenvalue weighted by molar-refractivity contribution is -0.139. The molecule has 0 spiro atoms. The number of hydrogen-bond acceptors (Lipinski definition) is 7. The quantitative estimate of drug-likeness (QED) is 0.456. The lowest BCUT2D eigenvalue weighted by atomic mass is 10.0. The van der Waals surface area contributed by atoms with Crippen molar-refractivity contribution in [3.05, 3.63) is 29.3 Å². The number of carbonyl (C=O) groups excluding carboxylic acids is 1. The zero-order chi connectivity index (χ0) is 26.3. The second-order valence-electron chi connectivity index (χ2n) is 9.66. The summed E-state index contributed by atoms with van der Waals surface area (Å²) in [6, 6.07) is 5.87. The maximum absolute atomic E-state index is 15.1. The van der Waals surface area contributed by atoms with Crippen molar-refractivity contribution in [2.24, 2.45) is 5.73 Å². The van der Waals surface area contributed by atoms with Crippen LogP contribution in [0.25, 0.3) is 21.6 Å². The van der Waals surface area contributed by atoms with E-state index in [1.165, 1.54) is 4.90 Å². The molecule has 13 heteroatoms. The zero-order valence-corrected chi connectivity index (χ0v) is 20.9. The number of benzene rings is 1. The molecule has 36 heavy (non-hydrogen) atoms. The number of hydrogen-bond donors (Lipinski definition) is 2. The Balaban J connectivity index is 1.61. The number of ether oxygens (including phenoxy) is 1. The Kier molecular flexibility index (Phi) is 7.15. The monoisotopic (exact) mass is 528 g/mol. The van der Waals surface area contributed by atoms with Crippen molar-refractivity contribution < 1.29 is 27.1 Å². The summed E-state index contributed by atoms with van der Waals surface area (Å²) >= 11 is 1.12. The van der Waals surface area contributed by atoms with Gasteiger partial charge in [0.1, 0.15) is 23.3 Å². The van der Waals surface area contributed by atoms with E-state index in [-0.39, 0.29) is 25.3 Å². The van der Waals surface area contributed by atoms with Crippen LogP contribution in [0.15, 0.2) is 24.3 Å². The maximum atomic E-state index is 15.1. The Bertz CT molecular complexity index is 1240. The van der Waals surface area contributed by atoms with Gasteiger partial charge < -0.3 is 25.3 Å². The van der Waals surface area contributed by atoms with Crippen molar-refractivity contribution in [1.82, 2.24) is 19.7 Å². The lowest BCUT2D eigenvalue weighted by Gasteiger charge is -2.36. The van der Waals surface area contributed by atoms with Crippen molar-refractivity contribution in [2.75, 3.05) is 18.4 Å². The SMILES string of the molecule is CC(C)(C)OC(=O)N1CC[C@@H](Nc2cccc3c2cc(-c2nnc(CN)s2)n3CC(F)(F)F)C(F)C1. The normalized spacial score (nSPS) is 19.1. The van der Waals surface area contributed by atoms with Crippen LogP contribution in [0.5, 0.6) is 0 Å². The van der Waals surface area contributed by atoms with Gasteiger partial charge in [0.2, 0.25) is 0 Å². The van der Waals surface area contributed by atoms with Crippen LogP contribution in [0.4, 0.5) is 28.0 Å². The fourth-order valence-electron chi connectivity index (χ4n) is 4.14. The summed E-state index contributed by atoms with van der Waals surface area (Å²) in [5.74, 6) is 0. The average Bonchev–Trinajstić information content (AvgIpc) is 3.38. The first-order chi connectivity index (χ1) is 16.8. The van der Waals surface area contributed by atoms with Crippen LogP contribution < -0.4 is 11.1 Å². The molecule has 1 aromatic carbocycles. The van der Waals surface area contributed by atoms with Crippen LogP contribution in [0.2, 0.25) is 0 Å². The summed E-state index contributed by atoms with van der Waals surface area (Å²) in [7, 11) is 0. The molecule has 1 saturated heterocycles. The van der Waals surface area contributed by atoms with E-state index in [2.05, 4.69) is 15.5 Å². The topological polar surface area (TPSA) is 98.3 Å². The molecule has 8 nitrogen and oxygen atoms in total. The van der Waals surface area contributed by atoms with Gasteiger partial charge in [0.05, 0.1) is 23.8 Å². The highest BCUT2D eigenvalue weighted by Gasteiger charge is 2.35. The van der Waals surface area contributed by atoms with Crippen molar-refractivity contribution in [1.29, 1.82) is 0 Å². The van der Waals surface area contributed by atoms with Gasteiger partial charge in [-0.15, -0.1) is 10.2 Å². The van der Waals surface area contributed by atoms with Crippen LogP contribution in [-0.2, 0) is 17.8 Å². The largest absolute Gasteiger partial charge is 0.444 e. The fraction of sp³-hybridized carbons (Fsp3) is 0.522. The molecule has 4 rings (SSSR count). The second-order valence-corrected chi connectivity index (χ2v) is 10.7. The third-order valence-corrected chi connectivity index (χ3v) is 6.65. The number of fused-ring (bicyclic) bond motifs is 1. The van der Waals surface area contributed by atoms with Gasteiger partial charge in [-0.25, -0.2) is 9.18 Å². The maximum Gasteiger partial charge on any atom is 0.410 e. The third kappa shape index (κ3) is 5.89. The predicted molar refractivity (Wildman–Crippen MR) is 130 cm³/mol. The Labute approximate surface area is 209 Å². The molecule has 1 unspecified atom stereocenters. The number of piperidine rings is 1. The molecule has 3 aromatic rings. The smallest absolute Gasteiger partial charge is 0.410 e. The Morgan fingerprint density at radius 2 is 2.03 bits per heavy atom. The minimum atomic E-state index is -4.47. The van der Waals surface area contributed by atoms with Gasteiger partial charge in [-0.05, 0) is 45.4 Å². The minimum Gasteiger partial charge on any atom is -0.444 e. The highest BCUT2D eigenvalue weighted by atomic mass is 32.1. The van der Waals surface area contributed by atoms with Crippen LogP contribution in [0.1, 0.15) is 32.2 Å². The number of anilines is 1. The molecule has 1 fully saturated rings. The Morgan fingerprint density at radius 1 is 1.28 bits per heavy atom. The predicted octanol–water partition coefficient (Wildman–Crippen LogP) is 4.94. The number of halogens is 4. The molecule has 1 amide bonds. The number of nitrogens with one attached hydrogen (secondary N) is 1. The molecule has 0 radical (unpaired) electrons. The van der Waals surface area contributed by atoms with E-state index in [1.54, 1.807) is 45.0 Å². The van der Waals surface area contributed by atoms with E-state index in [4.69, 9.17) is 10.5 Å². The first-order valence-corrected chi connectivity index (χ1v) is 12.3. The van der Waals surface area contributed by atoms with E-state index in [0.29, 0.717) is 33.0 Å². The summed E-state index contributed by atoms with van der Waals surface area (Å²) in [6.07, 6.45) is -6.13. The Morgan fingerprint density at radius 3 is 2.64 bits per heavy atom. The van der Waals surface area contributed by atoms with Crippen molar-refractivity contribution >= 4 is 34.0 Å². The molecule has 0 bridgehead atoms. The van der Waals surface area contributed by atoms with Gasteiger partial charge in [0.25, 0.3) is 0 Å². The first-order valence-electron chi connectivity index (χ1n) is 11.4. The van der Waals surface area contributed by atoms with Crippen molar-refractivity contribution in [3.8, 4) is 10.7 Å². The highest BCUT2D eigenvalue weighted by molar-refractivity contribution is 7.14. The number of aromatic nitrogens is 3. The number of rotatable bonds is 5. The van der Waals surface area contributed by atoms with E-state index in [9.17, 15) is 18.0 Å². The van der Waals surface area contributed by atoms with Crippen molar-refractivity contribution in [3.63, 3.8) is 0 Å². The van der Waals surface area contributed by atoms with Gasteiger partial charge >= 0.3 is 12.3 Å². The first kappa shape index (κ1) is 26.1. The van der Waals surface area contributed by atoms with Gasteiger partial charge in [-0.3, -0.25) is 0 Å². The summed E-state index contributed by atoms with van der Waals surface area (Å²) in [5.41, 5.74) is 5.99. The van der Waals surface area contributed by atoms with Crippen LogP contribution in [0, 0.1) is 0 Å². The average molecular weight is 529 g/mol. The van der Waals surface area contributed by atoms with Gasteiger partial charge in [0, 0.05) is 24.2 Å². The molecule has 3 N–H and O–H groups in total. The summed E-state index contributed by atoms with van der Waals surface area (Å²) in [6.45, 7) is 4.28. The number of alkyl halides is 4. The standard InChI is InChI=1S/C23H28F4N6O2S/c1-22(2,3)35-21(34)32-8-7-16(14(24)11-32)29-15-5-4-6-17-13(15)9-18(33(17)12-23(25,26)27)20-31-30-19(10-28)36-20/h4-6,9,14,16,29H,7-8,10-12,28H2,1-3H3/t14?,16-/m1/s1. The highest BCUT2D eigenvalue weighted by Crippen LogP contribution is 2.36. The molecule has 0 saturated carbocycles. The summed E-state index contributed by atoms with van der Waals surface area (Å²) < 4.78 is 62.0. The molecule has 1 aliphatic rings. The summed E-state index contributed by atoms with van der Waals surface area (Å²) in [5, 5.41) is 12.4. The molecular formula is C23H28F4N6O2S. The number of nitrogens with two attached hydrogens (primary N) is 1. The van der Waals surface area contributed by atoms with Gasteiger partial charge in [-0.2, -0.15) is 13.2 Å². The Hall–Kier alpha value is -2.93. The molecular weight excluding hydrogens is 500 g/mol. The number of likely N-dealkylation sites (tertiary alicyclic amines) is 1. The molecule has 1 aliphatic heterocycles. The lowest BCUT2D eigenvalue weighted by Crippen LogP contribution is -2.51. The number of nitrogens with zero attached hydrogens (tertiary/aromatic N) is 4. The molecule has 2 atom stereocenters. The zero-order valence-electron chi connectivity index (χ0n) is 20.1. The van der Waals surface area contributed by atoms with E-state index < -0.39 is 36.6 Å². The minimum absolute atomic E-state index is 0.129. The molecule has 0 aliphatic carbocycles. The van der Waals surface area contributed by atoms with E-state index in [0.717, 1.165) is 15.9 Å². The third-order valence-electron chi connectivity index (χ3n) is 5.68. The number of carbonyl (C=O) groups is 1.